The number of rotatable bonds is 1. The normalized spacial score (nSPS) is 14.1. The summed E-state index contributed by atoms with van der Waals surface area (Å²) >= 11 is 0. The minimum absolute atomic E-state index is 0.942. The van der Waals surface area contributed by atoms with E-state index in [-0.39, 0.29) is 0 Å². The fourth-order valence-electron chi connectivity index (χ4n) is 2.54. The fraction of sp³-hybridized carbons (Fsp3) is 0.125. The molecule has 0 saturated carbocycles. The molecule has 17 heavy (non-hydrogen) atoms. The molecule has 0 spiro atoms. The Bertz CT molecular complexity index is 757. The first kappa shape index (κ1) is 10.2. The number of fused-ring (bicyclic) bond motifs is 3. The standard InChI is InChI=1S/C16H15N/c1-11(2)17-15-7-5-4-6-13(15)14-9-8-12(3)10-16(14)17/h4-7,9-10H,1,3,8H2,2H3. The lowest BCUT2D eigenvalue weighted by atomic mass is 10.1. The summed E-state index contributed by atoms with van der Waals surface area (Å²) in [5, 5.41) is 3.83. The predicted octanol–water partition coefficient (Wildman–Crippen LogP) is 2.65. The first-order chi connectivity index (χ1) is 8.18. The second-order valence-electron chi connectivity index (χ2n) is 4.60. The van der Waals surface area contributed by atoms with Crippen molar-refractivity contribution < 1.29 is 0 Å². The molecule has 0 unspecified atom stereocenters. The number of allylic oxidation sites excluding steroid dienone is 2. The van der Waals surface area contributed by atoms with Gasteiger partial charge in [-0.1, -0.05) is 37.4 Å². The molecule has 3 rings (SSSR count). The van der Waals surface area contributed by atoms with Crippen LogP contribution in [0.4, 0.5) is 0 Å². The molecule has 0 atom stereocenters. The van der Waals surface area contributed by atoms with E-state index < -0.39 is 0 Å². The maximum Gasteiger partial charge on any atom is 0.0537 e. The highest BCUT2D eigenvalue weighted by atomic mass is 15.0. The zero-order valence-electron chi connectivity index (χ0n) is 10.0. The molecule has 1 nitrogen and oxygen atoms in total. The molecule has 0 bridgehead atoms. The van der Waals surface area contributed by atoms with E-state index in [9.17, 15) is 0 Å². The third kappa shape index (κ3) is 1.39. The average molecular weight is 221 g/mol. The summed E-state index contributed by atoms with van der Waals surface area (Å²) in [7, 11) is 0. The molecule has 0 fully saturated rings. The summed E-state index contributed by atoms with van der Waals surface area (Å²) in [5.74, 6) is 0. The van der Waals surface area contributed by atoms with Gasteiger partial charge in [-0.25, -0.2) is 0 Å². The molecule has 2 aromatic rings. The maximum atomic E-state index is 4.08. The van der Waals surface area contributed by atoms with Gasteiger partial charge >= 0.3 is 0 Å². The van der Waals surface area contributed by atoms with Gasteiger partial charge < -0.3 is 4.57 Å². The molecule has 0 radical (unpaired) electrons. The van der Waals surface area contributed by atoms with E-state index in [4.69, 9.17) is 0 Å². The van der Waals surface area contributed by atoms with E-state index >= 15 is 0 Å². The van der Waals surface area contributed by atoms with Gasteiger partial charge in [0.05, 0.1) is 10.9 Å². The number of aromatic nitrogens is 1. The highest BCUT2D eigenvalue weighted by molar-refractivity contribution is 5.86. The molecule has 1 aromatic carbocycles. The summed E-state index contributed by atoms with van der Waals surface area (Å²) in [6, 6.07) is 8.48. The van der Waals surface area contributed by atoms with Crippen molar-refractivity contribution in [3.05, 3.63) is 53.6 Å². The molecule has 1 aromatic heterocycles. The van der Waals surface area contributed by atoms with Gasteiger partial charge in [0.25, 0.3) is 0 Å². The van der Waals surface area contributed by atoms with E-state index in [0.29, 0.717) is 0 Å². The number of benzene rings is 1. The van der Waals surface area contributed by atoms with Gasteiger partial charge in [-0.05, 0) is 31.1 Å². The van der Waals surface area contributed by atoms with Crippen molar-refractivity contribution in [1.82, 2.24) is 4.57 Å². The number of hydrogen-bond donors (Lipinski definition) is 0. The minimum atomic E-state index is 0.942. The quantitative estimate of drug-likeness (QED) is 0.697. The SMILES string of the molecule is C=C1C=c2c(c3ccccc3n2C(=C)C)=CC1. The summed E-state index contributed by atoms with van der Waals surface area (Å²) < 4.78 is 2.21. The molecule has 1 aliphatic rings. The van der Waals surface area contributed by atoms with Gasteiger partial charge in [0.15, 0.2) is 0 Å². The Morgan fingerprint density at radius 3 is 2.82 bits per heavy atom. The summed E-state index contributed by atoms with van der Waals surface area (Å²) in [5.41, 5.74) is 3.43. The lowest BCUT2D eigenvalue weighted by molar-refractivity contribution is 1.08. The van der Waals surface area contributed by atoms with Crippen LogP contribution in [0.3, 0.4) is 0 Å². The van der Waals surface area contributed by atoms with Crippen molar-refractivity contribution in [3.8, 4) is 0 Å². The number of nitrogens with zero attached hydrogens (tertiary/aromatic N) is 1. The van der Waals surface area contributed by atoms with Gasteiger partial charge in [0.2, 0.25) is 0 Å². The van der Waals surface area contributed by atoms with Gasteiger partial charge in [0.1, 0.15) is 0 Å². The first-order valence-electron chi connectivity index (χ1n) is 5.83. The third-order valence-corrected chi connectivity index (χ3v) is 3.24. The Balaban J connectivity index is 2.64. The molecular formula is C16H15N. The molecular weight excluding hydrogens is 206 g/mol. The number of para-hydroxylation sites is 1. The van der Waals surface area contributed by atoms with Gasteiger partial charge in [-0.15, -0.1) is 0 Å². The molecule has 0 N–H and O–H groups in total. The molecule has 1 aliphatic carbocycles. The van der Waals surface area contributed by atoms with Crippen molar-refractivity contribution in [3.63, 3.8) is 0 Å². The second-order valence-corrected chi connectivity index (χ2v) is 4.60. The summed E-state index contributed by atoms with van der Waals surface area (Å²) in [4.78, 5) is 0. The molecule has 0 aliphatic heterocycles. The van der Waals surface area contributed by atoms with Crippen LogP contribution >= 0.6 is 0 Å². The first-order valence-corrected chi connectivity index (χ1v) is 5.83. The van der Waals surface area contributed by atoms with E-state index in [2.05, 4.69) is 54.1 Å². The minimum Gasteiger partial charge on any atom is -0.314 e. The Morgan fingerprint density at radius 2 is 2.06 bits per heavy atom. The fourth-order valence-corrected chi connectivity index (χ4v) is 2.54. The van der Waals surface area contributed by atoms with E-state index in [0.717, 1.165) is 17.7 Å². The van der Waals surface area contributed by atoms with Crippen LogP contribution in [0.5, 0.6) is 0 Å². The highest BCUT2D eigenvalue weighted by Crippen LogP contribution is 2.14. The van der Waals surface area contributed by atoms with E-state index in [1.165, 1.54) is 21.5 Å². The van der Waals surface area contributed by atoms with E-state index in [1.807, 2.05) is 6.92 Å². The number of hydrogen-bond acceptors (Lipinski definition) is 0. The van der Waals surface area contributed by atoms with E-state index in [1.54, 1.807) is 0 Å². The van der Waals surface area contributed by atoms with Gasteiger partial charge in [0, 0.05) is 16.3 Å². The van der Waals surface area contributed by atoms with Crippen LogP contribution in [0.15, 0.2) is 43.0 Å². The van der Waals surface area contributed by atoms with Crippen molar-refractivity contribution in [1.29, 1.82) is 0 Å². The van der Waals surface area contributed by atoms with Crippen LogP contribution in [0, 0.1) is 0 Å². The Labute approximate surface area is 101 Å². The van der Waals surface area contributed by atoms with Crippen molar-refractivity contribution >= 4 is 28.8 Å². The molecule has 0 saturated heterocycles. The second kappa shape index (κ2) is 3.49. The largest absolute Gasteiger partial charge is 0.314 e. The van der Waals surface area contributed by atoms with Crippen LogP contribution in [0.1, 0.15) is 13.3 Å². The monoisotopic (exact) mass is 221 g/mol. The smallest absolute Gasteiger partial charge is 0.0537 e. The van der Waals surface area contributed by atoms with Crippen LogP contribution in [0.25, 0.3) is 28.8 Å². The zero-order valence-corrected chi connectivity index (χ0v) is 10.0. The zero-order chi connectivity index (χ0) is 12.0. The molecule has 0 amide bonds. The Morgan fingerprint density at radius 1 is 1.29 bits per heavy atom. The van der Waals surface area contributed by atoms with Crippen molar-refractivity contribution in [2.75, 3.05) is 0 Å². The summed E-state index contributed by atoms with van der Waals surface area (Å²) in [6.45, 7) is 10.2. The van der Waals surface area contributed by atoms with Crippen molar-refractivity contribution in [2.45, 2.75) is 13.3 Å². The predicted molar refractivity (Wildman–Crippen MR) is 74.9 cm³/mol. The van der Waals surface area contributed by atoms with Crippen LogP contribution in [-0.2, 0) is 0 Å². The van der Waals surface area contributed by atoms with Gasteiger partial charge in [-0.2, -0.15) is 0 Å². The lowest BCUT2D eigenvalue weighted by Gasteiger charge is -2.06. The Kier molecular flexibility index (Phi) is 2.08. The average Bonchev–Trinajstić information content (AvgIpc) is 2.62. The molecule has 1 heteroatoms. The highest BCUT2D eigenvalue weighted by Gasteiger charge is 2.09. The van der Waals surface area contributed by atoms with Crippen LogP contribution in [-0.4, -0.2) is 4.57 Å². The van der Waals surface area contributed by atoms with Gasteiger partial charge in [-0.3, -0.25) is 0 Å². The van der Waals surface area contributed by atoms with Crippen LogP contribution < -0.4 is 10.6 Å². The summed E-state index contributed by atoms with van der Waals surface area (Å²) in [6.07, 6.45) is 5.38. The lowest BCUT2D eigenvalue weighted by Crippen LogP contribution is -2.30. The Hall–Kier alpha value is -2.02. The maximum absolute atomic E-state index is 4.08. The third-order valence-electron chi connectivity index (χ3n) is 3.24. The molecule has 1 heterocycles. The van der Waals surface area contributed by atoms with Crippen molar-refractivity contribution in [2.24, 2.45) is 0 Å². The molecule has 84 valence electrons. The topological polar surface area (TPSA) is 4.93 Å². The van der Waals surface area contributed by atoms with Crippen LogP contribution in [0.2, 0.25) is 0 Å².